The Morgan fingerprint density at radius 1 is 1.08 bits per heavy atom. The van der Waals surface area contributed by atoms with Crippen LogP contribution in [0.15, 0.2) is 58.5 Å². The van der Waals surface area contributed by atoms with Gasteiger partial charge in [-0.3, -0.25) is 0 Å². The molecule has 6 nitrogen and oxygen atoms in total. The molecule has 7 heteroatoms. The average Bonchev–Trinajstić information content (AvgIpc) is 2.56. The molecule has 0 amide bonds. The van der Waals surface area contributed by atoms with Gasteiger partial charge in [-0.2, -0.15) is 13.5 Å². The Kier molecular flexibility index (Phi) is 5.81. The largest absolute Gasteiger partial charge is 0.494 e. The molecule has 0 saturated carbocycles. The van der Waals surface area contributed by atoms with Crippen molar-refractivity contribution < 1.29 is 13.2 Å². The van der Waals surface area contributed by atoms with E-state index in [0.29, 0.717) is 12.4 Å². The Hall–Kier alpha value is -2.54. The van der Waals surface area contributed by atoms with Gasteiger partial charge in [-0.25, -0.2) is 4.83 Å². The summed E-state index contributed by atoms with van der Waals surface area (Å²) in [4.78, 5) is 4.32. The highest BCUT2D eigenvalue weighted by atomic mass is 32.2. The lowest BCUT2D eigenvalue weighted by atomic mass is 10.2. The second kappa shape index (κ2) is 7.83. The van der Waals surface area contributed by atoms with Crippen molar-refractivity contribution >= 4 is 21.9 Å². The van der Waals surface area contributed by atoms with E-state index < -0.39 is 10.0 Å². The van der Waals surface area contributed by atoms with Crippen molar-refractivity contribution in [1.29, 1.82) is 0 Å². The number of hydrogen-bond donors (Lipinski definition) is 1. The van der Waals surface area contributed by atoms with Crippen molar-refractivity contribution in [3.8, 4) is 5.75 Å². The van der Waals surface area contributed by atoms with E-state index in [-0.39, 0.29) is 4.90 Å². The fourth-order valence-corrected chi connectivity index (χ4v) is 2.75. The number of nitrogens with zero attached hydrogens (tertiary/aromatic N) is 2. The maximum atomic E-state index is 12.2. The van der Waals surface area contributed by atoms with Gasteiger partial charge in [0.25, 0.3) is 10.0 Å². The summed E-state index contributed by atoms with van der Waals surface area (Å²) in [7, 11) is 0.209. The number of hydrogen-bond acceptors (Lipinski definition) is 5. The zero-order valence-electron chi connectivity index (χ0n) is 13.9. The first-order valence-electron chi connectivity index (χ1n) is 7.47. The number of rotatable bonds is 7. The molecule has 0 saturated heterocycles. The van der Waals surface area contributed by atoms with Crippen molar-refractivity contribution in [1.82, 2.24) is 4.83 Å². The minimum Gasteiger partial charge on any atom is -0.494 e. The predicted octanol–water partition coefficient (Wildman–Crippen LogP) is 2.46. The quantitative estimate of drug-likeness (QED) is 0.617. The van der Waals surface area contributed by atoms with Crippen LogP contribution in [0.3, 0.4) is 0 Å². The molecule has 0 aromatic heterocycles. The first-order chi connectivity index (χ1) is 11.4. The molecule has 0 radical (unpaired) electrons. The van der Waals surface area contributed by atoms with Gasteiger partial charge < -0.3 is 9.64 Å². The Morgan fingerprint density at radius 2 is 1.71 bits per heavy atom. The van der Waals surface area contributed by atoms with Crippen LogP contribution in [0, 0.1) is 0 Å². The molecule has 2 aromatic carbocycles. The molecule has 1 N–H and O–H groups in total. The van der Waals surface area contributed by atoms with Crippen molar-refractivity contribution in [3.05, 3.63) is 54.1 Å². The van der Waals surface area contributed by atoms with E-state index in [0.717, 1.165) is 11.3 Å². The van der Waals surface area contributed by atoms with E-state index in [1.54, 1.807) is 12.1 Å². The molecular weight excluding hydrogens is 326 g/mol. The SMILES string of the molecule is CCOc1ccc(S(=O)(=O)NN=Cc2ccc(N(C)C)cc2)cc1. The van der Waals surface area contributed by atoms with E-state index in [2.05, 4.69) is 9.93 Å². The van der Waals surface area contributed by atoms with E-state index in [1.807, 2.05) is 50.2 Å². The number of sulfonamides is 1. The summed E-state index contributed by atoms with van der Waals surface area (Å²) in [5.74, 6) is 0.626. The average molecular weight is 347 g/mol. The van der Waals surface area contributed by atoms with Gasteiger partial charge in [0.15, 0.2) is 0 Å². The van der Waals surface area contributed by atoms with Crippen molar-refractivity contribution in [3.63, 3.8) is 0 Å². The molecule has 0 aliphatic carbocycles. The molecule has 0 spiro atoms. The van der Waals surface area contributed by atoms with Crippen LogP contribution in [0.2, 0.25) is 0 Å². The molecule has 2 aromatic rings. The minimum atomic E-state index is -3.70. The lowest BCUT2D eigenvalue weighted by molar-refractivity contribution is 0.340. The topological polar surface area (TPSA) is 71.0 Å². The van der Waals surface area contributed by atoms with Crippen LogP contribution in [-0.4, -0.2) is 35.3 Å². The van der Waals surface area contributed by atoms with Gasteiger partial charge in [0.2, 0.25) is 0 Å². The maximum Gasteiger partial charge on any atom is 0.276 e. The molecular formula is C17H21N3O3S. The Morgan fingerprint density at radius 3 is 2.25 bits per heavy atom. The van der Waals surface area contributed by atoms with Crippen LogP contribution in [0.25, 0.3) is 0 Å². The van der Waals surface area contributed by atoms with Crippen LogP contribution in [0.4, 0.5) is 5.69 Å². The van der Waals surface area contributed by atoms with E-state index >= 15 is 0 Å². The summed E-state index contributed by atoms with van der Waals surface area (Å²) in [5.41, 5.74) is 1.86. The third-order valence-electron chi connectivity index (χ3n) is 3.24. The van der Waals surface area contributed by atoms with E-state index in [1.165, 1.54) is 18.3 Å². The van der Waals surface area contributed by atoms with Gasteiger partial charge in [-0.05, 0) is 48.9 Å². The summed E-state index contributed by atoms with van der Waals surface area (Å²) in [6.45, 7) is 2.40. The summed E-state index contributed by atoms with van der Waals surface area (Å²) < 4.78 is 29.6. The number of hydrazone groups is 1. The molecule has 24 heavy (non-hydrogen) atoms. The summed E-state index contributed by atoms with van der Waals surface area (Å²) >= 11 is 0. The van der Waals surface area contributed by atoms with Gasteiger partial charge in [0.05, 0.1) is 17.7 Å². The van der Waals surface area contributed by atoms with Crippen LogP contribution >= 0.6 is 0 Å². The first kappa shape index (κ1) is 17.8. The maximum absolute atomic E-state index is 12.2. The number of benzene rings is 2. The zero-order valence-corrected chi connectivity index (χ0v) is 14.7. The Bertz CT molecular complexity index is 783. The van der Waals surface area contributed by atoms with Crippen LogP contribution in [0.1, 0.15) is 12.5 Å². The highest BCUT2D eigenvalue weighted by molar-refractivity contribution is 7.89. The molecule has 0 atom stereocenters. The highest BCUT2D eigenvalue weighted by Crippen LogP contribution is 2.16. The van der Waals surface area contributed by atoms with Crippen molar-refractivity contribution in [2.45, 2.75) is 11.8 Å². The lowest BCUT2D eigenvalue weighted by Gasteiger charge is -2.11. The van der Waals surface area contributed by atoms with Gasteiger partial charge in [0, 0.05) is 19.8 Å². The molecule has 0 unspecified atom stereocenters. The monoisotopic (exact) mass is 347 g/mol. The first-order valence-corrected chi connectivity index (χ1v) is 8.96. The molecule has 128 valence electrons. The lowest BCUT2D eigenvalue weighted by Crippen LogP contribution is -2.18. The molecule has 0 aliphatic heterocycles. The van der Waals surface area contributed by atoms with Crippen molar-refractivity contribution in [2.75, 3.05) is 25.6 Å². The normalized spacial score (nSPS) is 11.5. The zero-order chi connectivity index (χ0) is 17.6. The summed E-state index contributed by atoms with van der Waals surface area (Å²) in [5, 5.41) is 3.82. The minimum absolute atomic E-state index is 0.131. The van der Waals surface area contributed by atoms with Gasteiger partial charge >= 0.3 is 0 Å². The van der Waals surface area contributed by atoms with Crippen molar-refractivity contribution in [2.24, 2.45) is 5.10 Å². The smallest absolute Gasteiger partial charge is 0.276 e. The summed E-state index contributed by atoms with van der Waals surface area (Å²) in [6.07, 6.45) is 1.46. The van der Waals surface area contributed by atoms with Gasteiger partial charge in [-0.15, -0.1) is 0 Å². The molecule has 0 fully saturated rings. The third kappa shape index (κ3) is 4.73. The Balaban J connectivity index is 2.03. The third-order valence-corrected chi connectivity index (χ3v) is 4.48. The Labute approximate surface area is 142 Å². The molecule has 0 aliphatic rings. The highest BCUT2D eigenvalue weighted by Gasteiger charge is 2.12. The van der Waals surface area contributed by atoms with Crippen LogP contribution < -0.4 is 14.5 Å². The number of anilines is 1. The second-order valence-corrected chi connectivity index (χ2v) is 6.90. The van der Waals surface area contributed by atoms with Crippen LogP contribution in [0.5, 0.6) is 5.75 Å². The molecule has 0 heterocycles. The van der Waals surface area contributed by atoms with Gasteiger partial charge in [-0.1, -0.05) is 12.1 Å². The second-order valence-electron chi connectivity index (χ2n) is 5.24. The molecule has 2 rings (SSSR count). The fourth-order valence-electron chi connectivity index (χ4n) is 1.96. The summed E-state index contributed by atoms with van der Waals surface area (Å²) in [6, 6.07) is 13.8. The van der Waals surface area contributed by atoms with E-state index in [4.69, 9.17) is 4.74 Å². The number of ether oxygens (including phenoxy) is 1. The van der Waals surface area contributed by atoms with Gasteiger partial charge in [0.1, 0.15) is 5.75 Å². The van der Waals surface area contributed by atoms with E-state index in [9.17, 15) is 8.42 Å². The van der Waals surface area contributed by atoms with Crippen LogP contribution in [-0.2, 0) is 10.0 Å². The fraction of sp³-hybridized carbons (Fsp3) is 0.235. The number of nitrogens with one attached hydrogen (secondary N) is 1. The molecule has 0 bridgehead atoms. The standard InChI is InChI=1S/C17H21N3O3S/c1-4-23-16-9-11-17(12-10-16)24(21,22)19-18-13-14-5-7-15(8-6-14)20(2)3/h5-13,19H,4H2,1-3H3. The predicted molar refractivity (Wildman–Crippen MR) is 96.3 cm³/mol.